The van der Waals surface area contributed by atoms with E-state index in [9.17, 15) is 4.79 Å². The molecular weight excluding hydrogens is 282 g/mol. The molecule has 0 spiro atoms. The molecule has 2 aromatic rings. The van der Waals surface area contributed by atoms with Crippen molar-refractivity contribution < 1.29 is 14.3 Å². The molecule has 0 saturated carbocycles. The lowest BCUT2D eigenvalue weighted by Crippen LogP contribution is -2.14. The monoisotopic (exact) mass is 303 g/mol. The minimum Gasteiger partial charge on any atom is -0.497 e. The predicted molar refractivity (Wildman–Crippen MR) is 84.8 cm³/mol. The molecule has 22 heavy (non-hydrogen) atoms. The number of carbonyl (C=O) groups is 1. The molecule has 1 amide bonds. The van der Waals surface area contributed by atoms with Crippen LogP contribution >= 0.6 is 0 Å². The lowest BCUT2D eigenvalue weighted by Gasteiger charge is -2.11. The zero-order valence-electron chi connectivity index (χ0n) is 13.5. The van der Waals surface area contributed by atoms with Crippen molar-refractivity contribution in [3.05, 3.63) is 35.7 Å². The maximum absolute atomic E-state index is 12.4. The highest BCUT2D eigenvalue weighted by Gasteiger charge is 2.16. The third-order valence-electron chi connectivity index (χ3n) is 3.30. The molecule has 0 aliphatic rings. The van der Waals surface area contributed by atoms with Gasteiger partial charge in [0.1, 0.15) is 11.5 Å². The largest absolute Gasteiger partial charge is 0.497 e. The van der Waals surface area contributed by atoms with Crippen molar-refractivity contribution in [1.29, 1.82) is 0 Å². The summed E-state index contributed by atoms with van der Waals surface area (Å²) in [6.45, 7) is 5.97. The molecule has 6 heteroatoms. The van der Waals surface area contributed by atoms with E-state index in [-0.39, 0.29) is 11.9 Å². The van der Waals surface area contributed by atoms with Crippen LogP contribution in [0, 0.1) is 6.92 Å². The molecule has 0 radical (unpaired) electrons. The van der Waals surface area contributed by atoms with E-state index in [1.807, 2.05) is 25.5 Å². The number of ether oxygens (including phenoxy) is 2. The van der Waals surface area contributed by atoms with Crippen LogP contribution in [0.5, 0.6) is 11.5 Å². The van der Waals surface area contributed by atoms with Gasteiger partial charge in [0.25, 0.3) is 5.91 Å². The van der Waals surface area contributed by atoms with Crippen molar-refractivity contribution in [2.75, 3.05) is 19.5 Å². The minimum absolute atomic E-state index is 0.206. The number of benzene rings is 1. The van der Waals surface area contributed by atoms with Crippen LogP contribution in [0.4, 0.5) is 5.69 Å². The van der Waals surface area contributed by atoms with Gasteiger partial charge in [-0.1, -0.05) is 0 Å². The summed E-state index contributed by atoms with van der Waals surface area (Å²) in [5.74, 6) is 0.925. The third kappa shape index (κ3) is 3.21. The molecular formula is C16H21N3O3. The summed E-state index contributed by atoms with van der Waals surface area (Å²) in [6.07, 6.45) is 0. The fourth-order valence-electron chi connectivity index (χ4n) is 2.21. The van der Waals surface area contributed by atoms with Crippen molar-refractivity contribution in [2.24, 2.45) is 0 Å². The molecule has 1 heterocycles. The quantitative estimate of drug-likeness (QED) is 0.922. The summed E-state index contributed by atoms with van der Waals surface area (Å²) >= 11 is 0. The molecule has 2 rings (SSSR count). The number of nitrogens with one attached hydrogen (secondary N) is 1. The van der Waals surface area contributed by atoms with Crippen molar-refractivity contribution in [2.45, 2.75) is 26.8 Å². The van der Waals surface area contributed by atoms with Crippen LogP contribution in [0.1, 0.15) is 36.1 Å². The van der Waals surface area contributed by atoms with Gasteiger partial charge in [-0.05, 0) is 39.0 Å². The average Bonchev–Trinajstić information content (AvgIpc) is 2.90. The molecule has 0 fully saturated rings. The molecule has 118 valence electrons. The van der Waals surface area contributed by atoms with Gasteiger partial charge in [0.15, 0.2) is 5.69 Å². The number of hydrogen-bond acceptors (Lipinski definition) is 4. The van der Waals surface area contributed by atoms with E-state index in [0.717, 1.165) is 5.69 Å². The van der Waals surface area contributed by atoms with Crippen LogP contribution in [0.25, 0.3) is 0 Å². The van der Waals surface area contributed by atoms with E-state index in [4.69, 9.17) is 9.47 Å². The molecule has 1 N–H and O–H groups in total. The van der Waals surface area contributed by atoms with E-state index in [2.05, 4.69) is 10.4 Å². The van der Waals surface area contributed by atoms with Crippen molar-refractivity contribution in [3.63, 3.8) is 0 Å². The second-order valence-corrected chi connectivity index (χ2v) is 5.23. The number of aryl methyl sites for hydroxylation is 1. The predicted octanol–water partition coefficient (Wildman–Crippen LogP) is 3.04. The van der Waals surface area contributed by atoms with Gasteiger partial charge in [-0.15, -0.1) is 0 Å². The second kappa shape index (κ2) is 6.51. The van der Waals surface area contributed by atoms with E-state index in [0.29, 0.717) is 22.9 Å². The van der Waals surface area contributed by atoms with Crippen LogP contribution in [0.2, 0.25) is 0 Å². The Balaban J connectivity index is 2.23. The zero-order valence-corrected chi connectivity index (χ0v) is 13.5. The lowest BCUT2D eigenvalue weighted by atomic mass is 10.2. The normalized spacial score (nSPS) is 10.6. The molecule has 0 atom stereocenters. The van der Waals surface area contributed by atoms with Gasteiger partial charge in [-0.2, -0.15) is 5.10 Å². The third-order valence-corrected chi connectivity index (χ3v) is 3.30. The summed E-state index contributed by atoms with van der Waals surface area (Å²) in [7, 11) is 3.12. The first-order valence-corrected chi connectivity index (χ1v) is 7.05. The average molecular weight is 303 g/mol. The number of anilines is 1. The Bertz CT molecular complexity index is 677. The number of methoxy groups -OCH3 is 2. The van der Waals surface area contributed by atoms with Crippen LogP contribution in [0.15, 0.2) is 24.3 Å². The number of hydrogen-bond donors (Lipinski definition) is 1. The Morgan fingerprint density at radius 1 is 1.23 bits per heavy atom. The van der Waals surface area contributed by atoms with E-state index >= 15 is 0 Å². The number of aromatic nitrogens is 2. The smallest absolute Gasteiger partial charge is 0.276 e. The fourth-order valence-corrected chi connectivity index (χ4v) is 2.21. The van der Waals surface area contributed by atoms with Crippen molar-refractivity contribution >= 4 is 11.6 Å². The number of rotatable bonds is 5. The van der Waals surface area contributed by atoms with Gasteiger partial charge in [0, 0.05) is 17.8 Å². The number of amides is 1. The molecule has 1 aromatic heterocycles. The second-order valence-electron chi connectivity index (χ2n) is 5.23. The van der Waals surface area contributed by atoms with Crippen LogP contribution in [-0.4, -0.2) is 29.9 Å². The fraction of sp³-hybridized carbons (Fsp3) is 0.375. The van der Waals surface area contributed by atoms with Gasteiger partial charge in [0.05, 0.1) is 19.9 Å². The van der Waals surface area contributed by atoms with E-state index in [1.54, 1.807) is 38.5 Å². The Morgan fingerprint density at radius 2 is 1.95 bits per heavy atom. The molecule has 6 nitrogen and oxygen atoms in total. The number of nitrogens with zero attached hydrogens (tertiary/aromatic N) is 2. The summed E-state index contributed by atoms with van der Waals surface area (Å²) in [5, 5.41) is 7.15. The standard InChI is InChI=1S/C16H21N3O3/c1-10(2)19-11(3)8-14(18-19)16(20)17-13-7-6-12(21-4)9-15(13)22-5/h6-10H,1-5H3,(H,17,20). The van der Waals surface area contributed by atoms with Gasteiger partial charge >= 0.3 is 0 Å². The van der Waals surface area contributed by atoms with Crippen molar-refractivity contribution in [3.8, 4) is 11.5 Å². The SMILES string of the molecule is COc1ccc(NC(=O)c2cc(C)n(C(C)C)n2)c(OC)c1. The molecule has 0 unspecified atom stereocenters. The van der Waals surface area contributed by atoms with Crippen molar-refractivity contribution in [1.82, 2.24) is 9.78 Å². The Hall–Kier alpha value is -2.50. The summed E-state index contributed by atoms with van der Waals surface area (Å²) in [4.78, 5) is 12.4. The highest BCUT2D eigenvalue weighted by Crippen LogP contribution is 2.29. The summed E-state index contributed by atoms with van der Waals surface area (Å²) in [6, 6.07) is 7.19. The summed E-state index contributed by atoms with van der Waals surface area (Å²) < 4.78 is 12.2. The Labute approximate surface area is 130 Å². The van der Waals surface area contributed by atoms with E-state index in [1.165, 1.54) is 0 Å². The minimum atomic E-state index is -0.272. The van der Waals surface area contributed by atoms with E-state index < -0.39 is 0 Å². The highest BCUT2D eigenvalue weighted by atomic mass is 16.5. The zero-order chi connectivity index (χ0) is 16.3. The molecule has 1 aromatic carbocycles. The van der Waals surface area contributed by atoms with Gasteiger partial charge in [0.2, 0.25) is 0 Å². The number of carbonyl (C=O) groups excluding carboxylic acids is 1. The Kier molecular flexibility index (Phi) is 4.70. The molecule has 0 bridgehead atoms. The van der Waals surface area contributed by atoms with Crippen LogP contribution < -0.4 is 14.8 Å². The molecule has 0 saturated heterocycles. The lowest BCUT2D eigenvalue weighted by molar-refractivity contribution is 0.102. The maximum atomic E-state index is 12.4. The molecule has 0 aliphatic heterocycles. The van der Waals surface area contributed by atoms with Gasteiger partial charge in [-0.3, -0.25) is 9.48 Å². The topological polar surface area (TPSA) is 65.4 Å². The highest BCUT2D eigenvalue weighted by molar-refractivity contribution is 6.03. The van der Waals surface area contributed by atoms with Crippen LogP contribution in [0.3, 0.4) is 0 Å². The Morgan fingerprint density at radius 3 is 2.50 bits per heavy atom. The molecule has 0 aliphatic carbocycles. The maximum Gasteiger partial charge on any atom is 0.276 e. The first kappa shape index (κ1) is 15.9. The first-order chi connectivity index (χ1) is 10.5. The van der Waals surface area contributed by atoms with Gasteiger partial charge in [-0.25, -0.2) is 0 Å². The van der Waals surface area contributed by atoms with Gasteiger partial charge < -0.3 is 14.8 Å². The van der Waals surface area contributed by atoms with Crippen LogP contribution in [-0.2, 0) is 0 Å². The summed E-state index contributed by atoms with van der Waals surface area (Å²) in [5.41, 5.74) is 1.90. The first-order valence-electron chi connectivity index (χ1n) is 7.05.